The van der Waals surface area contributed by atoms with Crippen molar-refractivity contribution in [1.82, 2.24) is 24.2 Å². The molecule has 1 aliphatic heterocycles. The highest BCUT2D eigenvalue weighted by Gasteiger charge is 2.40. The second-order valence-corrected chi connectivity index (χ2v) is 10.5. The summed E-state index contributed by atoms with van der Waals surface area (Å²) in [7, 11) is 3.05. The van der Waals surface area contributed by atoms with Crippen molar-refractivity contribution in [2.45, 2.75) is 44.9 Å². The van der Waals surface area contributed by atoms with Gasteiger partial charge in [0.05, 0.1) is 25.3 Å². The van der Waals surface area contributed by atoms with Crippen LogP contribution in [0.2, 0.25) is 0 Å². The van der Waals surface area contributed by atoms with Crippen LogP contribution in [0.15, 0.2) is 48.9 Å². The van der Waals surface area contributed by atoms with Gasteiger partial charge in [-0.3, -0.25) is 9.48 Å². The first-order valence-electron chi connectivity index (χ1n) is 13.5. The minimum absolute atomic E-state index is 0.130. The lowest BCUT2D eigenvalue weighted by atomic mass is 9.86. The number of hydrogen-bond donors (Lipinski definition) is 0. The van der Waals surface area contributed by atoms with Crippen molar-refractivity contribution in [3.8, 4) is 22.6 Å². The van der Waals surface area contributed by atoms with Gasteiger partial charge in [0.2, 0.25) is 0 Å². The molecule has 0 saturated heterocycles. The van der Waals surface area contributed by atoms with Gasteiger partial charge in [-0.05, 0) is 67.1 Å². The first kappa shape index (κ1) is 26.9. The lowest BCUT2D eigenvalue weighted by molar-refractivity contribution is -0.141. The second kappa shape index (κ2) is 10.3. The third kappa shape index (κ3) is 4.93. The highest BCUT2D eigenvalue weighted by atomic mass is 19.4. The fourth-order valence-electron chi connectivity index (χ4n) is 5.96. The molecule has 0 bridgehead atoms. The van der Waals surface area contributed by atoms with Crippen LogP contribution < -0.4 is 9.47 Å². The molecule has 0 spiro atoms. The fraction of sp³-hybridized carbons (Fsp3) is 0.367. The predicted molar refractivity (Wildman–Crippen MR) is 145 cm³/mol. The summed E-state index contributed by atoms with van der Waals surface area (Å²) in [5.74, 6) is 1.33. The zero-order valence-corrected chi connectivity index (χ0v) is 23.0. The number of hydrogen-bond acceptors (Lipinski definition) is 5. The molecule has 0 saturated carbocycles. The highest BCUT2D eigenvalue weighted by Crippen LogP contribution is 2.44. The van der Waals surface area contributed by atoms with E-state index in [0.29, 0.717) is 24.4 Å². The average Bonchev–Trinajstić information content (AvgIpc) is 3.50. The standard InChI is InChI=1S/C30H30F3N5O3/c1-18-34-9-10-37(18)16-19-13-23(25-17-36(2)35-28(25)30(31,32)33)27-24(14-19)29(39)38(11-12-41-27)26-6-4-5-20-7-8-21(40-3)15-22(20)26/h7-10,13-15,17,26H,4-6,11-12,16H2,1-3H3. The molecule has 0 fully saturated rings. The molecule has 1 atom stereocenters. The largest absolute Gasteiger partial charge is 0.497 e. The lowest BCUT2D eigenvalue weighted by Gasteiger charge is -2.35. The van der Waals surface area contributed by atoms with Crippen LogP contribution in [0.4, 0.5) is 13.2 Å². The topological polar surface area (TPSA) is 74.4 Å². The molecule has 2 aromatic carbocycles. The van der Waals surface area contributed by atoms with Gasteiger partial charge in [0.1, 0.15) is 23.9 Å². The Morgan fingerprint density at radius 2 is 1.95 bits per heavy atom. The maximum absolute atomic E-state index is 14.3. The number of benzene rings is 2. The van der Waals surface area contributed by atoms with Crippen molar-refractivity contribution >= 4 is 5.91 Å². The molecule has 3 heterocycles. The van der Waals surface area contributed by atoms with Crippen LogP contribution in [-0.2, 0) is 26.2 Å². The minimum atomic E-state index is -4.69. The summed E-state index contributed by atoms with van der Waals surface area (Å²) in [6.45, 7) is 2.61. The molecule has 1 unspecified atom stereocenters. The van der Waals surface area contributed by atoms with E-state index in [1.165, 1.54) is 13.2 Å². The van der Waals surface area contributed by atoms with E-state index in [1.807, 2.05) is 29.7 Å². The van der Waals surface area contributed by atoms with E-state index in [9.17, 15) is 18.0 Å². The molecule has 2 aromatic heterocycles. The summed E-state index contributed by atoms with van der Waals surface area (Å²) in [6.07, 6.45) is 2.68. The fourth-order valence-corrected chi connectivity index (χ4v) is 5.96. The van der Waals surface area contributed by atoms with Gasteiger partial charge in [-0.25, -0.2) is 4.98 Å². The van der Waals surface area contributed by atoms with E-state index in [4.69, 9.17) is 9.47 Å². The van der Waals surface area contributed by atoms with Crippen molar-refractivity contribution in [3.05, 3.63) is 82.7 Å². The van der Waals surface area contributed by atoms with Gasteiger partial charge in [-0.15, -0.1) is 0 Å². The third-order valence-electron chi connectivity index (χ3n) is 7.89. The molecule has 214 valence electrons. The quantitative estimate of drug-likeness (QED) is 0.316. The summed E-state index contributed by atoms with van der Waals surface area (Å²) in [5, 5.41) is 3.71. The van der Waals surface area contributed by atoms with E-state index < -0.39 is 11.9 Å². The van der Waals surface area contributed by atoms with Crippen LogP contribution in [0.25, 0.3) is 11.1 Å². The molecular weight excluding hydrogens is 535 g/mol. The van der Waals surface area contributed by atoms with Gasteiger partial charge in [-0.2, -0.15) is 18.3 Å². The Balaban J connectivity index is 1.50. The van der Waals surface area contributed by atoms with Crippen molar-refractivity contribution in [1.29, 1.82) is 0 Å². The first-order chi connectivity index (χ1) is 19.6. The Morgan fingerprint density at radius 3 is 2.68 bits per heavy atom. The Bertz CT molecular complexity index is 1620. The SMILES string of the molecule is COc1ccc2c(c1)C(N1CCOc3c(cc(Cn4ccnc4C)cc3-c3cn(C)nc3C(F)(F)F)C1=O)CCC2. The van der Waals surface area contributed by atoms with Crippen LogP contribution in [0, 0.1) is 6.92 Å². The van der Waals surface area contributed by atoms with Gasteiger partial charge in [-0.1, -0.05) is 6.07 Å². The Labute approximate surface area is 235 Å². The third-order valence-corrected chi connectivity index (χ3v) is 7.89. The number of nitrogens with zero attached hydrogens (tertiary/aromatic N) is 5. The van der Waals surface area contributed by atoms with Crippen LogP contribution in [-0.4, -0.2) is 50.4 Å². The number of halogens is 3. The van der Waals surface area contributed by atoms with Crippen LogP contribution in [0.5, 0.6) is 11.5 Å². The number of ether oxygens (including phenoxy) is 2. The smallest absolute Gasteiger partial charge is 0.435 e. The lowest BCUT2D eigenvalue weighted by Crippen LogP contribution is -2.37. The number of alkyl halides is 3. The summed E-state index contributed by atoms with van der Waals surface area (Å²) in [4.78, 5) is 20.4. The Hall–Kier alpha value is -4.28. The zero-order valence-electron chi connectivity index (χ0n) is 23.0. The number of carbonyl (C=O) groups excluding carboxylic acids is 1. The molecule has 1 aliphatic carbocycles. The van der Waals surface area contributed by atoms with Crippen molar-refractivity contribution in [3.63, 3.8) is 0 Å². The average molecular weight is 566 g/mol. The monoisotopic (exact) mass is 565 g/mol. The summed E-state index contributed by atoms with van der Waals surface area (Å²) in [6, 6.07) is 9.13. The molecule has 8 nitrogen and oxygen atoms in total. The molecule has 11 heteroatoms. The molecule has 0 N–H and O–H groups in total. The number of amides is 1. The first-order valence-corrected chi connectivity index (χ1v) is 13.5. The number of aryl methyl sites for hydroxylation is 3. The van der Waals surface area contributed by atoms with E-state index in [2.05, 4.69) is 10.1 Å². The molecule has 6 rings (SSSR count). The highest BCUT2D eigenvalue weighted by molar-refractivity contribution is 6.00. The van der Waals surface area contributed by atoms with E-state index in [0.717, 1.165) is 40.9 Å². The maximum Gasteiger partial charge on any atom is 0.435 e. The van der Waals surface area contributed by atoms with E-state index >= 15 is 0 Å². The second-order valence-electron chi connectivity index (χ2n) is 10.5. The number of rotatable bonds is 5. The number of fused-ring (bicyclic) bond motifs is 2. The van der Waals surface area contributed by atoms with Gasteiger partial charge >= 0.3 is 6.18 Å². The van der Waals surface area contributed by atoms with Gasteiger partial charge < -0.3 is 18.9 Å². The zero-order chi connectivity index (χ0) is 28.9. The van der Waals surface area contributed by atoms with Crippen molar-refractivity contribution in [2.75, 3.05) is 20.3 Å². The number of aromatic nitrogens is 4. The number of imidazole rings is 1. The molecule has 41 heavy (non-hydrogen) atoms. The Kier molecular flexibility index (Phi) is 6.75. The normalized spacial score (nSPS) is 17.1. The maximum atomic E-state index is 14.3. The van der Waals surface area contributed by atoms with Crippen LogP contribution in [0.3, 0.4) is 0 Å². The summed E-state index contributed by atoms with van der Waals surface area (Å²) in [5.41, 5.74) is 2.12. The minimum Gasteiger partial charge on any atom is -0.497 e. The van der Waals surface area contributed by atoms with Gasteiger partial charge in [0.15, 0.2) is 5.69 Å². The predicted octanol–water partition coefficient (Wildman–Crippen LogP) is 5.58. The molecular formula is C30H30F3N5O3. The summed E-state index contributed by atoms with van der Waals surface area (Å²) < 4.78 is 56.9. The van der Waals surface area contributed by atoms with Crippen molar-refractivity contribution in [2.24, 2.45) is 7.05 Å². The van der Waals surface area contributed by atoms with Crippen LogP contribution in [0.1, 0.15) is 57.5 Å². The van der Waals surface area contributed by atoms with Gasteiger partial charge in [0.25, 0.3) is 5.91 Å². The van der Waals surface area contributed by atoms with E-state index in [-0.39, 0.29) is 41.0 Å². The number of carbonyl (C=O) groups is 1. The molecule has 4 aromatic rings. The Morgan fingerprint density at radius 1 is 1.15 bits per heavy atom. The molecule has 2 aliphatic rings. The number of methoxy groups -OCH3 is 1. The van der Waals surface area contributed by atoms with Crippen molar-refractivity contribution < 1.29 is 27.4 Å². The summed E-state index contributed by atoms with van der Waals surface area (Å²) >= 11 is 0. The van der Waals surface area contributed by atoms with Gasteiger partial charge in [0, 0.05) is 43.3 Å². The molecule has 0 radical (unpaired) electrons. The van der Waals surface area contributed by atoms with E-state index in [1.54, 1.807) is 36.5 Å². The van der Waals surface area contributed by atoms with Crippen LogP contribution >= 0.6 is 0 Å². The molecule has 1 amide bonds.